The van der Waals surface area contributed by atoms with Crippen molar-refractivity contribution < 1.29 is 32.6 Å². The lowest BCUT2D eigenvalue weighted by atomic mass is 10.0. The predicted octanol–water partition coefficient (Wildman–Crippen LogP) is 4.41. The van der Waals surface area contributed by atoms with Gasteiger partial charge in [-0.25, -0.2) is 4.79 Å². The summed E-state index contributed by atoms with van der Waals surface area (Å²) in [5, 5.41) is 15.1. The molecule has 0 radical (unpaired) electrons. The summed E-state index contributed by atoms with van der Waals surface area (Å²) in [7, 11) is 1.52. The maximum absolute atomic E-state index is 12.8. The van der Waals surface area contributed by atoms with Gasteiger partial charge in [0.1, 0.15) is 23.4 Å². The molecule has 0 saturated heterocycles. The third-order valence-corrected chi connectivity index (χ3v) is 4.18. The zero-order valence-electron chi connectivity index (χ0n) is 16.0. The second-order valence-corrected chi connectivity index (χ2v) is 6.18. The van der Waals surface area contributed by atoms with E-state index in [1.54, 1.807) is 36.4 Å². The summed E-state index contributed by atoms with van der Waals surface area (Å²) in [6.45, 7) is -3.07. The Morgan fingerprint density at radius 2 is 1.93 bits per heavy atom. The Kier molecular flexibility index (Phi) is 6.87. The van der Waals surface area contributed by atoms with Gasteiger partial charge < -0.3 is 29.6 Å². The summed E-state index contributed by atoms with van der Waals surface area (Å²) in [6, 6.07) is 13.7. The van der Waals surface area contributed by atoms with Crippen LogP contribution in [-0.4, -0.2) is 31.4 Å². The van der Waals surface area contributed by atoms with E-state index in [1.165, 1.54) is 31.6 Å². The molecule has 0 spiro atoms. The maximum atomic E-state index is 12.8. The highest BCUT2D eigenvalue weighted by molar-refractivity contribution is 5.90. The topological polar surface area (TPSA) is 93.0 Å². The van der Waals surface area contributed by atoms with Crippen LogP contribution in [0.1, 0.15) is 11.9 Å². The van der Waals surface area contributed by atoms with Gasteiger partial charge in [0.2, 0.25) is 0 Å². The maximum Gasteiger partial charge on any atom is 0.387 e. The van der Waals surface area contributed by atoms with Crippen LogP contribution in [0.25, 0.3) is 11.1 Å². The number of hydrogen-bond acceptors (Lipinski definition) is 5. The van der Waals surface area contributed by atoms with Gasteiger partial charge in [-0.2, -0.15) is 8.78 Å². The van der Waals surface area contributed by atoms with Gasteiger partial charge >= 0.3 is 12.6 Å². The summed E-state index contributed by atoms with van der Waals surface area (Å²) in [6.07, 6.45) is 0.421. The molecule has 0 aliphatic carbocycles. The highest BCUT2D eigenvalue weighted by Crippen LogP contribution is 2.34. The molecule has 0 bridgehead atoms. The van der Waals surface area contributed by atoms with Gasteiger partial charge in [-0.3, -0.25) is 0 Å². The lowest BCUT2D eigenvalue weighted by Gasteiger charge is -2.15. The Balaban J connectivity index is 1.73. The lowest BCUT2D eigenvalue weighted by Crippen LogP contribution is -2.32. The van der Waals surface area contributed by atoms with Crippen LogP contribution in [0.15, 0.2) is 65.3 Å². The van der Waals surface area contributed by atoms with Crippen LogP contribution in [0.2, 0.25) is 0 Å². The minimum atomic E-state index is -2.99. The normalized spacial score (nSPS) is 11.8. The van der Waals surface area contributed by atoms with Crippen molar-refractivity contribution in [3.63, 3.8) is 0 Å². The van der Waals surface area contributed by atoms with E-state index < -0.39 is 18.7 Å². The van der Waals surface area contributed by atoms with Gasteiger partial charge in [-0.15, -0.1) is 0 Å². The number of carbonyl (C=O) groups is 1. The summed E-state index contributed by atoms with van der Waals surface area (Å²) in [4.78, 5) is 12.1. The van der Waals surface area contributed by atoms with E-state index >= 15 is 0 Å². The summed E-state index contributed by atoms with van der Waals surface area (Å²) in [5.41, 5.74) is 1.32. The van der Waals surface area contributed by atoms with Crippen molar-refractivity contribution in [1.82, 2.24) is 5.32 Å². The molecule has 7 nitrogen and oxygen atoms in total. The summed E-state index contributed by atoms with van der Waals surface area (Å²) >= 11 is 0. The molecule has 3 rings (SSSR count). The molecule has 158 valence electrons. The SMILES string of the molecule is COc1ccc(-c2cc(NC(=O)NCC(O)c3ccco3)ccc2OC(F)F)cc1. The first-order valence-electron chi connectivity index (χ1n) is 8.96. The van der Waals surface area contributed by atoms with E-state index in [4.69, 9.17) is 9.15 Å². The number of nitrogens with one attached hydrogen (secondary N) is 2. The average Bonchev–Trinajstić information content (AvgIpc) is 3.28. The average molecular weight is 418 g/mol. The Hall–Kier alpha value is -3.59. The third-order valence-electron chi connectivity index (χ3n) is 4.18. The van der Waals surface area contributed by atoms with Gasteiger partial charge in [0, 0.05) is 11.3 Å². The standard InChI is InChI=1S/C21H20F2N2O5/c1-28-15-7-4-13(5-8-15)16-11-14(6-9-18(16)30-20(22)23)25-21(27)24-12-17(26)19-3-2-10-29-19/h2-11,17,20,26H,12H2,1H3,(H2,24,25,27). The summed E-state index contributed by atoms with van der Waals surface area (Å²) < 4.78 is 40.3. The van der Waals surface area contributed by atoms with E-state index in [-0.39, 0.29) is 12.3 Å². The van der Waals surface area contributed by atoms with E-state index in [9.17, 15) is 18.7 Å². The number of benzene rings is 2. The lowest BCUT2D eigenvalue weighted by molar-refractivity contribution is -0.0494. The van der Waals surface area contributed by atoms with Crippen molar-refractivity contribution >= 4 is 11.7 Å². The minimum absolute atomic E-state index is 0.0330. The highest BCUT2D eigenvalue weighted by atomic mass is 19.3. The van der Waals surface area contributed by atoms with Gasteiger partial charge in [0.25, 0.3) is 0 Å². The van der Waals surface area contributed by atoms with Crippen LogP contribution in [0.5, 0.6) is 11.5 Å². The van der Waals surface area contributed by atoms with Crippen molar-refractivity contribution in [2.24, 2.45) is 0 Å². The Bertz CT molecular complexity index is 962. The van der Waals surface area contributed by atoms with Crippen LogP contribution in [0.4, 0.5) is 19.3 Å². The van der Waals surface area contributed by atoms with Crippen molar-refractivity contribution in [2.45, 2.75) is 12.7 Å². The van der Waals surface area contributed by atoms with Crippen molar-refractivity contribution in [3.8, 4) is 22.6 Å². The zero-order chi connectivity index (χ0) is 21.5. The number of amides is 2. The fraction of sp³-hybridized carbons (Fsp3) is 0.190. The molecule has 0 aliphatic rings. The molecule has 0 fully saturated rings. The van der Waals surface area contributed by atoms with Crippen LogP contribution in [0.3, 0.4) is 0 Å². The van der Waals surface area contributed by atoms with Crippen LogP contribution in [-0.2, 0) is 0 Å². The molecule has 3 N–H and O–H groups in total. The number of furan rings is 1. The van der Waals surface area contributed by atoms with Crippen LogP contribution < -0.4 is 20.1 Å². The van der Waals surface area contributed by atoms with Gasteiger partial charge in [-0.05, 0) is 48.0 Å². The highest BCUT2D eigenvalue weighted by Gasteiger charge is 2.15. The van der Waals surface area contributed by atoms with Crippen molar-refractivity contribution in [3.05, 3.63) is 66.6 Å². The molecule has 9 heteroatoms. The van der Waals surface area contributed by atoms with Crippen molar-refractivity contribution in [2.75, 3.05) is 19.0 Å². The molecule has 1 unspecified atom stereocenters. The van der Waals surface area contributed by atoms with E-state index in [2.05, 4.69) is 15.4 Å². The molecule has 1 atom stereocenters. The zero-order valence-corrected chi connectivity index (χ0v) is 16.0. The molecule has 3 aromatic rings. The first-order chi connectivity index (χ1) is 14.5. The smallest absolute Gasteiger partial charge is 0.387 e. The van der Waals surface area contributed by atoms with Gasteiger partial charge in [0.15, 0.2) is 0 Å². The van der Waals surface area contributed by atoms with Crippen LogP contribution >= 0.6 is 0 Å². The number of aliphatic hydroxyl groups is 1. The number of alkyl halides is 2. The molecule has 1 aromatic heterocycles. The Morgan fingerprint density at radius 1 is 1.17 bits per heavy atom. The quantitative estimate of drug-likeness (QED) is 0.504. The first-order valence-corrected chi connectivity index (χ1v) is 8.96. The fourth-order valence-electron chi connectivity index (χ4n) is 2.75. The molecule has 2 aromatic carbocycles. The number of hydrogen-bond donors (Lipinski definition) is 3. The Labute approximate surface area is 171 Å². The second kappa shape index (κ2) is 9.75. The third kappa shape index (κ3) is 5.48. The Morgan fingerprint density at radius 3 is 2.57 bits per heavy atom. The number of carbonyl (C=O) groups excluding carboxylic acids is 1. The molecule has 1 heterocycles. The molecule has 30 heavy (non-hydrogen) atoms. The van der Waals surface area contributed by atoms with Gasteiger partial charge in [0.05, 0.1) is 19.9 Å². The number of methoxy groups -OCH3 is 1. The number of rotatable bonds is 8. The molecule has 2 amide bonds. The van der Waals surface area contributed by atoms with E-state index in [0.29, 0.717) is 28.3 Å². The van der Waals surface area contributed by atoms with Gasteiger partial charge in [-0.1, -0.05) is 12.1 Å². The predicted molar refractivity (Wildman–Crippen MR) is 106 cm³/mol. The number of anilines is 1. The number of urea groups is 1. The largest absolute Gasteiger partial charge is 0.497 e. The van der Waals surface area contributed by atoms with Crippen LogP contribution in [0, 0.1) is 0 Å². The molecular formula is C21H20F2N2O5. The molecular weight excluding hydrogens is 398 g/mol. The summed E-state index contributed by atoms with van der Waals surface area (Å²) in [5.74, 6) is 0.902. The number of ether oxygens (including phenoxy) is 2. The monoisotopic (exact) mass is 418 g/mol. The van der Waals surface area contributed by atoms with E-state index in [0.717, 1.165) is 0 Å². The first kappa shape index (κ1) is 21.1. The van der Waals surface area contributed by atoms with Crippen molar-refractivity contribution in [1.29, 1.82) is 0 Å². The fourth-order valence-corrected chi connectivity index (χ4v) is 2.75. The second-order valence-electron chi connectivity index (χ2n) is 6.18. The number of halogens is 2. The molecule has 0 saturated carbocycles. The number of aliphatic hydroxyl groups excluding tert-OH is 1. The minimum Gasteiger partial charge on any atom is -0.497 e. The molecule has 0 aliphatic heterocycles. The van der Waals surface area contributed by atoms with E-state index in [1.807, 2.05) is 0 Å².